The fourth-order valence-corrected chi connectivity index (χ4v) is 2.14. The van der Waals surface area contributed by atoms with Crippen LogP contribution in [0.3, 0.4) is 0 Å². The fourth-order valence-electron chi connectivity index (χ4n) is 1.97. The second kappa shape index (κ2) is 6.50. The minimum Gasteiger partial charge on any atom is -0.496 e. The molecule has 0 fully saturated rings. The van der Waals surface area contributed by atoms with Crippen LogP contribution >= 0.6 is 11.6 Å². The molecule has 2 rings (SSSR count). The monoisotopic (exact) mass is 308 g/mol. The van der Waals surface area contributed by atoms with Gasteiger partial charge in [0.2, 0.25) is 0 Å². The predicted molar refractivity (Wildman–Crippen MR) is 85.0 cm³/mol. The van der Waals surface area contributed by atoms with Gasteiger partial charge in [0.05, 0.1) is 18.9 Å². The van der Waals surface area contributed by atoms with Crippen molar-refractivity contribution in [1.29, 1.82) is 0 Å². The van der Waals surface area contributed by atoms with Crippen molar-refractivity contribution in [2.75, 3.05) is 13.7 Å². The molecule has 4 nitrogen and oxygen atoms in total. The first-order valence-corrected chi connectivity index (χ1v) is 7.30. The number of rotatable bonds is 5. The minimum atomic E-state index is 0.0889. The van der Waals surface area contributed by atoms with E-state index < -0.39 is 0 Å². The first kappa shape index (κ1) is 15.9. The maximum Gasteiger partial charge on any atom is 0.196 e. The molecule has 1 aromatic carbocycles. The van der Waals surface area contributed by atoms with Gasteiger partial charge in [-0.3, -0.25) is 0 Å². The summed E-state index contributed by atoms with van der Waals surface area (Å²) < 4.78 is 11.1. The Balaban J connectivity index is 2.11. The molecule has 114 valence electrons. The molecule has 0 bridgehead atoms. The van der Waals surface area contributed by atoms with E-state index in [1.165, 1.54) is 0 Å². The molecule has 1 aromatic heterocycles. The van der Waals surface area contributed by atoms with E-state index in [9.17, 15) is 0 Å². The Kier molecular flexibility index (Phi) is 4.91. The van der Waals surface area contributed by atoms with Crippen LogP contribution in [0.15, 0.2) is 28.8 Å². The Morgan fingerprint density at radius 2 is 2.10 bits per heavy atom. The minimum absolute atomic E-state index is 0.0889. The van der Waals surface area contributed by atoms with Crippen molar-refractivity contribution in [2.24, 2.45) is 0 Å². The lowest BCUT2D eigenvalue weighted by Gasteiger charge is -2.19. The number of benzene rings is 1. The number of nitrogens with one attached hydrogen (secondary N) is 1. The van der Waals surface area contributed by atoms with Crippen LogP contribution in [0.25, 0.3) is 11.3 Å². The Hall–Kier alpha value is -1.52. The number of hydrogen-bond acceptors (Lipinski definition) is 4. The highest BCUT2D eigenvalue weighted by molar-refractivity contribution is 6.30. The molecule has 2 aromatic rings. The summed E-state index contributed by atoms with van der Waals surface area (Å²) in [5, 5.41) is 4.04. The molecule has 1 N–H and O–H groups in total. The zero-order chi connectivity index (χ0) is 15.5. The van der Waals surface area contributed by atoms with Gasteiger partial charge in [-0.25, -0.2) is 4.98 Å². The van der Waals surface area contributed by atoms with E-state index in [0.717, 1.165) is 24.3 Å². The molecule has 0 aliphatic heterocycles. The summed E-state index contributed by atoms with van der Waals surface area (Å²) in [5.74, 6) is 2.08. The Morgan fingerprint density at radius 3 is 2.76 bits per heavy atom. The van der Waals surface area contributed by atoms with Crippen molar-refractivity contribution in [1.82, 2.24) is 10.3 Å². The van der Waals surface area contributed by atoms with Gasteiger partial charge in [-0.2, -0.15) is 0 Å². The third kappa shape index (κ3) is 4.48. The van der Waals surface area contributed by atoms with Crippen molar-refractivity contribution >= 4 is 11.6 Å². The molecule has 5 heteroatoms. The molecule has 0 unspecified atom stereocenters. The zero-order valence-electron chi connectivity index (χ0n) is 12.9. The van der Waals surface area contributed by atoms with Gasteiger partial charge in [0.15, 0.2) is 11.7 Å². The third-order valence-corrected chi connectivity index (χ3v) is 3.21. The van der Waals surface area contributed by atoms with Crippen molar-refractivity contribution < 1.29 is 9.15 Å². The summed E-state index contributed by atoms with van der Waals surface area (Å²) in [6.07, 6.45) is 2.45. The van der Waals surface area contributed by atoms with Crippen LogP contribution in [-0.2, 0) is 6.42 Å². The Morgan fingerprint density at radius 1 is 1.33 bits per heavy atom. The van der Waals surface area contributed by atoms with Crippen LogP contribution in [0.4, 0.5) is 0 Å². The van der Waals surface area contributed by atoms with Crippen LogP contribution < -0.4 is 10.1 Å². The molecular formula is C16H21ClN2O2. The topological polar surface area (TPSA) is 47.3 Å². The third-order valence-electron chi connectivity index (χ3n) is 2.97. The highest BCUT2D eigenvalue weighted by Gasteiger charge is 2.13. The van der Waals surface area contributed by atoms with Gasteiger partial charge < -0.3 is 14.5 Å². The first-order chi connectivity index (χ1) is 9.89. The number of methoxy groups -OCH3 is 1. The van der Waals surface area contributed by atoms with Gasteiger partial charge >= 0.3 is 0 Å². The van der Waals surface area contributed by atoms with Crippen LogP contribution in [0.5, 0.6) is 5.75 Å². The standard InChI is InChI=1S/C16H21ClN2O2/c1-16(2,3)19-8-7-15-18-10-14(21-15)12-9-11(17)5-6-13(12)20-4/h5-6,9-10,19H,7-8H2,1-4H3. The molecule has 0 aliphatic rings. The van der Waals surface area contributed by atoms with Crippen LogP contribution in [-0.4, -0.2) is 24.2 Å². The average Bonchev–Trinajstić information content (AvgIpc) is 2.86. The summed E-state index contributed by atoms with van der Waals surface area (Å²) in [6.45, 7) is 7.20. The predicted octanol–water partition coefficient (Wildman–Crippen LogP) is 3.93. The van der Waals surface area contributed by atoms with Gasteiger partial charge in [0, 0.05) is 23.5 Å². The summed E-state index contributed by atoms with van der Waals surface area (Å²) in [6, 6.07) is 5.42. The van der Waals surface area contributed by atoms with E-state index in [0.29, 0.717) is 16.7 Å². The first-order valence-electron chi connectivity index (χ1n) is 6.93. The summed E-state index contributed by atoms with van der Waals surface area (Å²) in [4.78, 5) is 4.31. The number of halogens is 1. The maximum absolute atomic E-state index is 6.04. The van der Waals surface area contributed by atoms with E-state index in [1.54, 1.807) is 19.4 Å². The van der Waals surface area contributed by atoms with E-state index in [4.69, 9.17) is 20.8 Å². The Bertz CT molecular complexity index is 603. The molecular weight excluding hydrogens is 288 g/mol. The molecule has 0 aliphatic carbocycles. The van der Waals surface area contributed by atoms with Gasteiger partial charge in [-0.05, 0) is 39.0 Å². The largest absolute Gasteiger partial charge is 0.496 e. The number of oxazole rings is 1. The summed E-state index contributed by atoms with van der Waals surface area (Å²) in [5.41, 5.74) is 0.901. The van der Waals surface area contributed by atoms with Gasteiger partial charge in [-0.1, -0.05) is 11.6 Å². The highest BCUT2D eigenvalue weighted by atomic mass is 35.5. The Labute approximate surface area is 130 Å². The molecule has 0 saturated carbocycles. The number of nitrogens with zero attached hydrogens (tertiary/aromatic N) is 1. The van der Waals surface area contributed by atoms with E-state index in [2.05, 4.69) is 31.1 Å². The van der Waals surface area contributed by atoms with Crippen molar-refractivity contribution in [3.8, 4) is 17.1 Å². The number of hydrogen-bond donors (Lipinski definition) is 1. The molecule has 1 heterocycles. The quantitative estimate of drug-likeness (QED) is 0.909. The lowest BCUT2D eigenvalue weighted by molar-refractivity contribution is 0.407. The average molecular weight is 309 g/mol. The highest BCUT2D eigenvalue weighted by Crippen LogP contribution is 2.32. The van der Waals surface area contributed by atoms with Crippen molar-refractivity contribution in [2.45, 2.75) is 32.7 Å². The van der Waals surface area contributed by atoms with Gasteiger partial charge in [-0.15, -0.1) is 0 Å². The lowest BCUT2D eigenvalue weighted by atomic mass is 10.1. The molecule has 0 radical (unpaired) electrons. The van der Waals surface area contributed by atoms with E-state index in [-0.39, 0.29) is 5.54 Å². The molecule has 0 amide bonds. The summed E-state index contributed by atoms with van der Waals surface area (Å²) in [7, 11) is 1.62. The van der Waals surface area contributed by atoms with Gasteiger partial charge in [0.1, 0.15) is 5.75 Å². The molecule has 0 atom stereocenters. The second-order valence-electron chi connectivity index (χ2n) is 5.89. The fraction of sp³-hybridized carbons (Fsp3) is 0.438. The normalized spacial score (nSPS) is 11.7. The smallest absolute Gasteiger partial charge is 0.196 e. The summed E-state index contributed by atoms with van der Waals surface area (Å²) >= 11 is 6.04. The second-order valence-corrected chi connectivity index (χ2v) is 6.33. The molecule has 21 heavy (non-hydrogen) atoms. The number of ether oxygens (including phenoxy) is 1. The van der Waals surface area contributed by atoms with Crippen molar-refractivity contribution in [3.63, 3.8) is 0 Å². The van der Waals surface area contributed by atoms with Crippen LogP contribution in [0.2, 0.25) is 5.02 Å². The van der Waals surface area contributed by atoms with E-state index in [1.807, 2.05) is 12.1 Å². The van der Waals surface area contributed by atoms with Crippen molar-refractivity contribution in [3.05, 3.63) is 35.3 Å². The van der Waals surface area contributed by atoms with Gasteiger partial charge in [0.25, 0.3) is 0 Å². The zero-order valence-corrected chi connectivity index (χ0v) is 13.6. The number of aromatic nitrogens is 1. The molecule has 0 spiro atoms. The maximum atomic E-state index is 6.04. The SMILES string of the molecule is COc1ccc(Cl)cc1-c1cnc(CCNC(C)(C)C)o1. The molecule has 0 saturated heterocycles. The van der Waals surface area contributed by atoms with Crippen LogP contribution in [0, 0.1) is 0 Å². The van der Waals surface area contributed by atoms with Crippen LogP contribution in [0.1, 0.15) is 26.7 Å². The lowest BCUT2D eigenvalue weighted by Crippen LogP contribution is -2.37. The van der Waals surface area contributed by atoms with E-state index >= 15 is 0 Å².